The maximum absolute atomic E-state index is 12.1. The van der Waals surface area contributed by atoms with Crippen LogP contribution in [0.2, 0.25) is 0 Å². The summed E-state index contributed by atoms with van der Waals surface area (Å²) in [6, 6.07) is 15.1. The number of amides is 2. The summed E-state index contributed by atoms with van der Waals surface area (Å²) in [5, 5.41) is 0. The molecule has 0 aromatic heterocycles. The number of nitrogens with zero attached hydrogens (tertiary/aromatic N) is 1. The van der Waals surface area contributed by atoms with E-state index in [0.717, 1.165) is 10.6 Å². The lowest BCUT2D eigenvalue weighted by molar-refractivity contribution is -0.119. The summed E-state index contributed by atoms with van der Waals surface area (Å²) in [4.78, 5) is 26.8. The van der Waals surface area contributed by atoms with E-state index in [1.807, 2.05) is 56.3 Å². The van der Waals surface area contributed by atoms with Crippen LogP contribution in [-0.4, -0.2) is 31.7 Å². The standard InChI is InChI=1S/C18H21N3O2S/c1-13-7-9-16(10-8-13)24-12-17(22)19-20-18(23)14-5-4-6-15(11-14)21(2)3/h4-11H,12H2,1-3H3,(H,19,22)(H,20,23). The van der Waals surface area contributed by atoms with Gasteiger partial charge in [0.25, 0.3) is 5.91 Å². The molecule has 0 fully saturated rings. The summed E-state index contributed by atoms with van der Waals surface area (Å²) in [5.41, 5.74) is 7.47. The Labute approximate surface area is 146 Å². The Bertz CT molecular complexity index is 714. The molecule has 0 bridgehead atoms. The van der Waals surface area contributed by atoms with Crippen LogP contribution in [0, 0.1) is 6.92 Å². The Morgan fingerprint density at radius 2 is 1.75 bits per heavy atom. The van der Waals surface area contributed by atoms with Gasteiger partial charge in [-0.15, -0.1) is 11.8 Å². The van der Waals surface area contributed by atoms with Crippen molar-refractivity contribution in [3.8, 4) is 0 Å². The SMILES string of the molecule is Cc1ccc(SCC(=O)NNC(=O)c2cccc(N(C)C)c2)cc1. The summed E-state index contributed by atoms with van der Waals surface area (Å²) in [7, 11) is 3.81. The van der Waals surface area contributed by atoms with Gasteiger partial charge < -0.3 is 4.90 Å². The van der Waals surface area contributed by atoms with Crippen LogP contribution in [0.1, 0.15) is 15.9 Å². The number of aryl methyl sites for hydroxylation is 1. The molecule has 0 saturated heterocycles. The van der Waals surface area contributed by atoms with Crippen LogP contribution in [0.3, 0.4) is 0 Å². The van der Waals surface area contributed by atoms with E-state index in [0.29, 0.717) is 5.56 Å². The fourth-order valence-electron chi connectivity index (χ4n) is 1.94. The zero-order valence-electron chi connectivity index (χ0n) is 14.0. The predicted octanol–water partition coefficient (Wildman–Crippen LogP) is 2.61. The Balaban J connectivity index is 1.81. The van der Waals surface area contributed by atoms with Crippen molar-refractivity contribution in [3.63, 3.8) is 0 Å². The van der Waals surface area contributed by atoms with Gasteiger partial charge in [0, 0.05) is 30.2 Å². The monoisotopic (exact) mass is 343 g/mol. The van der Waals surface area contributed by atoms with Crippen molar-refractivity contribution >= 4 is 29.3 Å². The Kier molecular flexibility index (Phi) is 6.26. The minimum atomic E-state index is -0.340. The van der Waals surface area contributed by atoms with E-state index in [1.165, 1.54) is 17.3 Å². The Morgan fingerprint density at radius 1 is 1.04 bits per heavy atom. The number of hydrogen-bond acceptors (Lipinski definition) is 4. The first-order valence-corrected chi connectivity index (χ1v) is 8.50. The molecular formula is C18H21N3O2S. The van der Waals surface area contributed by atoms with Gasteiger partial charge in [-0.25, -0.2) is 0 Å². The Morgan fingerprint density at radius 3 is 2.42 bits per heavy atom. The molecule has 0 aliphatic carbocycles. The molecule has 0 spiro atoms. The molecule has 2 aromatic carbocycles. The van der Waals surface area contributed by atoms with E-state index < -0.39 is 0 Å². The van der Waals surface area contributed by atoms with Gasteiger partial charge in [0.15, 0.2) is 0 Å². The third-order valence-electron chi connectivity index (χ3n) is 3.33. The number of carbonyl (C=O) groups is 2. The van der Waals surface area contributed by atoms with Crippen molar-refractivity contribution in [2.75, 3.05) is 24.7 Å². The van der Waals surface area contributed by atoms with E-state index >= 15 is 0 Å². The molecule has 6 heteroatoms. The van der Waals surface area contributed by atoms with E-state index in [4.69, 9.17) is 0 Å². The van der Waals surface area contributed by atoms with Crippen LogP contribution in [0.5, 0.6) is 0 Å². The highest BCUT2D eigenvalue weighted by Gasteiger charge is 2.09. The normalized spacial score (nSPS) is 10.1. The number of hydrazine groups is 1. The molecule has 2 amide bonds. The summed E-state index contributed by atoms with van der Waals surface area (Å²) in [6.45, 7) is 2.02. The molecule has 0 saturated carbocycles. The first kappa shape index (κ1) is 17.9. The zero-order valence-corrected chi connectivity index (χ0v) is 14.8. The number of nitrogens with one attached hydrogen (secondary N) is 2. The maximum atomic E-state index is 12.1. The lowest BCUT2D eigenvalue weighted by Gasteiger charge is -2.13. The van der Waals surface area contributed by atoms with Crippen LogP contribution in [0.4, 0.5) is 5.69 Å². The van der Waals surface area contributed by atoms with Crippen molar-refractivity contribution in [3.05, 3.63) is 59.7 Å². The van der Waals surface area contributed by atoms with Gasteiger partial charge in [-0.05, 0) is 37.3 Å². The van der Waals surface area contributed by atoms with E-state index in [1.54, 1.807) is 18.2 Å². The van der Waals surface area contributed by atoms with Crippen LogP contribution in [0.15, 0.2) is 53.4 Å². The summed E-state index contributed by atoms with van der Waals surface area (Å²) < 4.78 is 0. The first-order valence-electron chi connectivity index (χ1n) is 7.52. The lowest BCUT2D eigenvalue weighted by Crippen LogP contribution is -2.42. The minimum Gasteiger partial charge on any atom is -0.378 e. The second-order valence-electron chi connectivity index (χ2n) is 5.55. The predicted molar refractivity (Wildman–Crippen MR) is 98.3 cm³/mol. The molecule has 24 heavy (non-hydrogen) atoms. The van der Waals surface area contributed by atoms with Gasteiger partial charge in [-0.1, -0.05) is 23.8 Å². The molecule has 5 nitrogen and oxygen atoms in total. The number of benzene rings is 2. The largest absolute Gasteiger partial charge is 0.378 e. The summed E-state index contributed by atoms with van der Waals surface area (Å²) in [5.74, 6) is -0.355. The number of rotatable bonds is 5. The van der Waals surface area contributed by atoms with Crippen molar-refractivity contribution in [2.24, 2.45) is 0 Å². The first-order chi connectivity index (χ1) is 11.5. The van der Waals surface area contributed by atoms with E-state index in [9.17, 15) is 9.59 Å². The highest BCUT2D eigenvalue weighted by molar-refractivity contribution is 8.00. The molecule has 2 rings (SSSR count). The molecule has 0 atom stereocenters. The van der Waals surface area contributed by atoms with Crippen LogP contribution in [-0.2, 0) is 4.79 Å². The van der Waals surface area contributed by atoms with Gasteiger partial charge in [0.2, 0.25) is 5.91 Å². The second-order valence-corrected chi connectivity index (χ2v) is 6.60. The molecule has 2 aromatic rings. The van der Waals surface area contributed by atoms with E-state index in [2.05, 4.69) is 10.9 Å². The fourth-order valence-corrected chi connectivity index (χ4v) is 2.64. The quantitative estimate of drug-likeness (QED) is 0.647. The third kappa shape index (κ3) is 5.31. The molecule has 0 unspecified atom stereocenters. The molecule has 0 radical (unpaired) electrons. The molecule has 126 valence electrons. The van der Waals surface area contributed by atoms with Crippen molar-refractivity contribution < 1.29 is 9.59 Å². The van der Waals surface area contributed by atoms with Gasteiger partial charge in [0.1, 0.15) is 0 Å². The molecule has 0 aliphatic rings. The highest BCUT2D eigenvalue weighted by atomic mass is 32.2. The average Bonchev–Trinajstić information content (AvgIpc) is 2.59. The van der Waals surface area contributed by atoms with Crippen molar-refractivity contribution in [2.45, 2.75) is 11.8 Å². The fraction of sp³-hybridized carbons (Fsp3) is 0.222. The second kappa shape index (κ2) is 8.40. The lowest BCUT2D eigenvalue weighted by atomic mass is 10.2. The minimum absolute atomic E-state index is 0.237. The zero-order chi connectivity index (χ0) is 17.5. The number of hydrogen-bond donors (Lipinski definition) is 2. The number of carbonyl (C=O) groups excluding carboxylic acids is 2. The van der Waals surface area contributed by atoms with Crippen molar-refractivity contribution in [1.82, 2.24) is 10.9 Å². The van der Waals surface area contributed by atoms with Crippen LogP contribution >= 0.6 is 11.8 Å². The topological polar surface area (TPSA) is 61.4 Å². The maximum Gasteiger partial charge on any atom is 0.269 e. The van der Waals surface area contributed by atoms with Gasteiger partial charge >= 0.3 is 0 Å². The summed E-state index contributed by atoms with van der Waals surface area (Å²) in [6.07, 6.45) is 0. The van der Waals surface area contributed by atoms with Gasteiger partial charge in [-0.2, -0.15) is 0 Å². The molecular weight excluding hydrogens is 322 g/mol. The smallest absolute Gasteiger partial charge is 0.269 e. The van der Waals surface area contributed by atoms with Crippen LogP contribution in [0.25, 0.3) is 0 Å². The van der Waals surface area contributed by atoms with E-state index in [-0.39, 0.29) is 17.6 Å². The molecule has 0 heterocycles. The van der Waals surface area contributed by atoms with Crippen molar-refractivity contribution in [1.29, 1.82) is 0 Å². The highest BCUT2D eigenvalue weighted by Crippen LogP contribution is 2.17. The van der Waals surface area contributed by atoms with Gasteiger partial charge in [-0.3, -0.25) is 20.4 Å². The number of anilines is 1. The van der Waals surface area contributed by atoms with Gasteiger partial charge in [0.05, 0.1) is 5.75 Å². The average molecular weight is 343 g/mol. The summed E-state index contributed by atoms with van der Waals surface area (Å²) >= 11 is 1.42. The third-order valence-corrected chi connectivity index (χ3v) is 4.34. The molecule has 0 aliphatic heterocycles. The number of thioether (sulfide) groups is 1. The molecule has 2 N–H and O–H groups in total. The van der Waals surface area contributed by atoms with Crippen LogP contribution < -0.4 is 15.8 Å². The Hall–Kier alpha value is -2.47.